The second-order valence-corrected chi connectivity index (χ2v) is 4.74. The van der Waals surface area contributed by atoms with Gasteiger partial charge in [0.25, 0.3) is 0 Å². The van der Waals surface area contributed by atoms with E-state index in [1.54, 1.807) is 24.3 Å². The summed E-state index contributed by atoms with van der Waals surface area (Å²) < 4.78 is 0. The molecule has 2 aromatic rings. The van der Waals surface area contributed by atoms with E-state index in [-0.39, 0.29) is 11.5 Å². The van der Waals surface area contributed by atoms with Crippen molar-refractivity contribution in [1.82, 2.24) is 5.32 Å². The number of rotatable bonds is 6. The molecule has 0 aromatic heterocycles. The lowest BCUT2D eigenvalue weighted by molar-refractivity contribution is 0.403. The van der Waals surface area contributed by atoms with E-state index in [2.05, 4.69) is 5.32 Å². The van der Waals surface area contributed by atoms with E-state index in [4.69, 9.17) is 0 Å². The first-order valence-corrected chi connectivity index (χ1v) is 6.64. The largest absolute Gasteiger partial charge is 0.508 e. The Morgan fingerprint density at radius 2 is 1.45 bits per heavy atom. The predicted molar refractivity (Wildman–Crippen MR) is 78.2 cm³/mol. The fraction of sp³-hybridized carbons (Fsp3) is 0.250. The van der Waals surface area contributed by atoms with E-state index < -0.39 is 0 Å². The van der Waals surface area contributed by atoms with Crippen molar-refractivity contribution in [3.8, 4) is 17.2 Å². The summed E-state index contributed by atoms with van der Waals surface area (Å²) in [5.41, 5.74) is 2.07. The van der Waals surface area contributed by atoms with E-state index in [1.165, 1.54) is 6.07 Å². The lowest BCUT2D eigenvalue weighted by Gasteiger charge is -2.06. The van der Waals surface area contributed by atoms with Crippen LogP contribution in [0.3, 0.4) is 0 Å². The molecule has 0 saturated carbocycles. The van der Waals surface area contributed by atoms with Crippen LogP contribution < -0.4 is 5.32 Å². The van der Waals surface area contributed by atoms with Crippen molar-refractivity contribution in [3.63, 3.8) is 0 Å². The molecule has 0 aliphatic carbocycles. The molecule has 0 aliphatic rings. The monoisotopic (exact) mass is 273 g/mol. The molecular weight excluding hydrogens is 254 g/mol. The molecule has 0 spiro atoms. The molecule has 0 saturated heterocycles. The number of hydrogen-bond donors (Lipinski definition) is 4. The molecule has 0 fully saturated rings. The molecule has 106 valence electrons. The Kier molecular flexibility index (Phi) is 4.85. The molecule has 0 unspecified atom stereocenters. The smallest absolute Gasteiger partial charge is 0.157 e. The first-order chi connectivity index (χ1) is 9.65. The number of phenolic OH excluding ortho intramolecular Hbond substituents is 3. The third kappa shape index (κ3) is 4.17. The van der Waals surface area contributed by atoms with Crippen LogP contribution >= 0.6 is 0 Å². The maximum Gasteiger partial charge on any atom is 0.157 e. The van der Waals surface area contributed by atoms with Gasteiger partial charge in [0, 0.05) is 0 Å². The molecule has 2 rings (SSSR count). The van der Waals surface area contributed by atoms with E-state index in [9.17, 15) is 15.3 Å². The molecule has 0 radical (unpaired) electrons. The maximum atomic E-state index is 9.38. The highest BCUT2D eigenvalue weighted by atomic mass is 16.3. The van der Waals surface area contributed by atoms with Crippen LogP contribution in [0.2, 0.25) is 0 Å². The molecular formula is C16H19NO3. The van der Waals surface area contributed by atoms with Gasteiger partial charge in [0.15, 0.2) is 11.5 Å². The fourth-order valence-electron chi connectivity index (χ4n) is 2.03. The second kappa shape index (κ2) is 6.82. The minimum Gasteiger partial charge on any atom is -0.508 e. The zero-order valence-corrected chi connectivity index (χ0v) is 11.2. The van der Waals surface area contributed by atoms with Crippen LogP contribution in [0, 0.1) is 0 Å². The number of hydrogen-bond acceptors (Lipinski definition) is 4. The fourth-order valence-corrected chi connectivity index (χ4v) is 2.03. The van der Waals surface area contributed by atoms with Crippen molar-refractivity contribution in [2.45, 2.75) is 12.8 Å². The first-order valence-electron chi connectivity index (χ1n) is 6.64. The van der Waals surface area contributed by atoms with Crippen molar-refractivity contribution < 1.29 is 15.3 Å². The van der Waals surface area contributed by atoms with Crippen molar-refractivity contribution in [1.29, 1.82) is 0 Å². The molecule has 2 aromatic carbocycles. The lowest BCUT2D eigenvalue weighted by Crippen LogP contribution is -2.20. The summed E-state index contributed by atoms with van der Waals surface area (Å²) in [6.45, 7) is 1.62. The third-order valence-corrected chi connectivity index (χ3v) is 3.13. The zero-order valence-electron chi connectivity index (χ0n) is 11.2. The van der Waals surface area contributed by atoms with Gasteiger partial charge < -0.3 is 20.6 Å². The summed E-state index contributed by atoms with van der Waals surface area (Å²) in [6.07, 6.45) is 1.64. The molecule has 0 bridgehead atoms. The minimum absolute atomic E-state index is 0.0812. The van der Waals surface area contributed by atoms with Crippen LogP contribution in [0.1, 0.15) is 11.1 Å². The number of benzene rings is 2. The van der Waals surface area contributed by atoms with Gasteiger partial charge in [-0.25, -0.2) is 0 Å². The quantitative estimate of drug-likeness (QED) is 0.481. The Hall–Kier alpha value is -2.20. The number of nitrogens with one attached hydrogen (secondary N) is 1. The molecule has 4 heteroatoms. The van der Waals surface area contributed by atoms with Gasteiger partial charge in [-0.05, 0) is 61.3 Å². The van der Waals surface area contributed by atoms with Crippen molar-refractivity contribution in [2.24, 2.45) is 0 Å². The van der Waals surface area contributed by atoms with E-state index in [0.717, 1.165) is 37.1 Å². The van der Waals surface area contributed by atoms with Gasteiger partial charge in [0.1, 0.15) is 5.75 Å². The van der Waals surface area contributed by atoms with Gasteiger partial charge in [0.05, 0.1) is 0 Å². The van der Waals surface area contributed by atoms with Crippen LogP contribution in [0.5, 0.6) is 17.2 Å². The van der Waals surface area contributed by atoms with Crippen LogP contribution in [-0.2, 0) is 12.8 Å². The molecule has 0 aliphatic heterocycles. The lowest BCUT2D eigenvalue weighted by atomic mass is 10.1. The van der Waals surface area contributed by atoms with Crippen LogP contribution in [0.25, 0.3) is 0 Å². The van der Waals surface area contributed by atoms with Gasteiger partial charge in [-0.3, -0.25) is 0 Å². The summed E-state index contributed by atoms with van der Waals surface area (Å²) in [6, 6.07) is 12.1. The summed E-state index contributed by atoms with van der Waals surface area (Å²) in [5, 5.41) is 31.3. The minimum atomic E-state index is -0.0920. The number of phenols is 3. The van der Waals surface area contributed by atoms with E-state index in [0.29, 0.717) is 5.75 Å². The van der Waals surface area contributed by atoms with Gasteiger partial charge in [0.2, 0.25) is 0 Å². The highest BCUT2D eigenvalue weighted by Crippen LogP contribution is 2.24. The summed E-state index contributed by atoms with van der Waals surface area (Å²) in [5.74, 6) is 0.120. The van der Waals surface area contributed by atoms with Crippen LogP contribution in [-0.4, -0.2) is 28.4 Å². The molecule has 4 nitrogen and oxygen atoms in total. The first kappa shape index (κ1) is 14.2. The van der Waals surface area contributed by atoms with Crippen molar-refractivity contribution >= 4 is 0 Å². The van der Waals surface area contributed by atoms with Crippen LogP contribution in [0.4, 0.5) is 0 Å². The standard InChI is InChI=1S/C16H19NO3/c18-14-3-1-2-12(10-14)6-8-17-9-7-13-4-5-15(19)16(20)11-13/h1-5,10-11,17-20H,6-9H2. The van der Waals surface area contributed by atoms with Gasteiger partial charge in [-0.1, -0.05) is 18.2 Å². The van der Waals surface area contributed by atoms with Crippen molar-refractivity contribution in [2.75, 3.05) is 13.1 Å². The Balaban J connectivity index is 1.70. The molecule has 0 heterocycles. The Morgan fingerprint density at radius 1 is 0.750 bits per heavy atom. The van der Waals surface area contributed by atoms with Crippen LogP contribution in [0.15, 0.2) is 42.5 Å². The predicted octanol–water partition coefficient (Wildman–Crippen LogP) is 2.18. The highest BCUT2D eigenvalue weighted by molar-refractivity contribution is 5.40. The molecule has 0 atom stereocenters. The topological polar surface area (TPSA) is 72.7 Å². The Bertz CT molecular complexity index is 569. The molecule has 0 amide bonds. The molecule has 20 heavy (non-hydrogen) atoms. The summed E-state index contributed by atoms with van der Waals surface area (Å²) in [7, 11) is 0. The third-order valence-electron chi connectivity index (χ3n) is 3.13. The highest BCUT2D eigenvalue weighted by Gasteiger charge is 2.00. The Morgan fingerprint density at radius 3 is 2.10 bits per heavy atom. The zero-order chi connectivity index (χ0) is 14.4. The van der Waals surface area contributed by atoms with E-state index in [1.807, 2.05) is 12.1 Å². The molecule has 4 N–H and O–H groups in total. The van der Waals surface area contributed by atoms with Gasteiger partial charge >= 0.3 is 0 Å². The second-order valence-electron chi connectivity index (χ2n) is 4.74. The summed E-state index contributed by atoms with van der Waals surface area (Å²) in [4.78, 5) is 0. The maximum absolute atomic E-state index is 9.38. The average molecular weight is 273 g/mol. The van der Waals surface area contributed by atoms with E-state index >= 15 is 0 Å². The average Bonchev–Trinajstić information content (AvgIpc) is 2.42. The number of aromatic hydroxyl groups is 3. The summed E-state index contributed by atoms with van der Waals surface area (Å²) >= 11 is 0. The van der Waals surface area contributed by atoms with Crippen molar-refractivity contribution in [3.05, 3.63) is 53.6 Å². The van der Waals surface area contributed by atoms with Gasteiger partial charge in [-0.2, -0.15) is 0 Å². The van der Waals surface area contributed by atoms with Gasteiger partial charge in [-0.15, -0.1) is 0 Å². The SMILES string of the molecule is Oc1cccc(CCNCCc2ccc(O)c(O)c2)c1. The normalized spacial score (nSPS) is 10.6. The Labute approximate surface area is 118 Å².